The van der Waals surface area contributed by atoms with Gasteiger partial charge in [-0.15, -0.1) is 0 Å². The average molecular weight is 359 g/mol. The first-order valence-electron chi connectivity index (χ1n) is 7.08. The van der Waals surface area contributed by atoms with Gasteiger partial charge in [-0.2, -0.15) is 13.8 Å². The van der Waals surface area contributed by atoms with Gasteiger partial charge < -0.3 is 20.5 Å². The number of ether oxygens (including phenoxy) is 2. The number of alkyl halides is 2. The number of aromatic nitrogens is 2. The summed E-state index contributed by atoms with van der Waals surface area (Å²) in [5, 5.41) is 2.76. The zero-order valence-corrected chi connectivity index (χ0v) is 14.1. The molecule has 0 aliphatic heterocycles. The Morgan fingerprint density at radius 3 is 2.46 bits per heavy atom. The van der Waals surface area contributed by atoms with Crippen LogP contribution in [0, 0.1) is 0 Å². The van der Waals surface area contributed by atoms with Crippen LogP contribution in [0.15, 0.2) is 18.3 Å². The van der Waals surface area contributed by atoms with E-state index in [1.807, 2.05) is 13.8 Å². The largest absolute Gasteiger partial charge is 0.451 e. The van der Waals surface area contributed by atoms with Gasteiger partial charge in [-0.1, -0.05) is 25.4 Å². The van der Waals surface area contributed by atoms with Crippen molar-refractivity contribution in [2.75, 3.05) is 18.1 Å². The first-order valence-corrected chi connectivity index (χ1v) is 7.46. The lowest BCUT2D eigenvalue weighted by atomic mass is 10.0. The molecule has 24 heavy (non-hydrogen) atoms. The van der Waals surface area contributed by atoms with Gasteiger partial charge in [0.05, 0.1) is 11.2 Å². The second-order valence-corrected chi connectivity index (χ2v) is 5.56. The third kappa shape index (κ3) is 4.14. The highest BCUT2D eigenvalue weighted by Gasteiger charge is 2.18. The number of nitrogens with zero attached hydrogens (tertiary/aromatic N) is 2. The molecule has 2 rings (SSSR count). The van der Waals surface area contributed by atoms with E-state index in [0.29, 0.717) is 17.3 Å². The maximum absolute atomic E-state index is 12.5. The predicted octanol–water partition coefficient (Wildman–Crippen LogP) is 4.27. The van der Waals surface area contributed by atoms with Crippen molar-refractivity contribution in [3.63, 3.8) is 0 Å². The first kappa shape index (κ1) is 18.0. The molecule has 6 nitrogen and oxygen atoms in total. The molecule has 1 heterocycles. The Labute approximate surface area is 143 Å². The van der Waals surface area contributed by atoms with Gasteiger partial charge in [-0.3, -0.25) is 0 Å². The lowest BCUT2D eigenvalue weighted by Crippen LogP contribution is -2.05. The summed E-state index contributed by atoms with van der Waals surface area (Å²) in [6, 6.07) is 2.83. The summed E-state index contributed by atoms with van der Waals surface area (Å²) in [6.45, 7) is 0.797. The summed E-state index contributed by atoms with van der Waals surface area (Å²) in [5.41, 5.74) is 6.46. The van der Waals surface area contributed by atoms with E-state index < -0.39 is 6.61 Å². The second-order valence-electron chi connectivity index (χ2n) is 5.15. The quantitative estimate of drug-likeness (QED) is 0.802. The fraction of sp³-hybridized carbons (Fsp3) is 0.333. The van der Waals surface area contributed by atoms with Gasteiger partial charge in [0.15, 0.2) is 11.6 Å². The number of halogens is 3. The molecule has 9 heteroatoms. The summed E-state index contributed by atoms with van der Waals surface area (Å²) in [6.07, 6.45) is 1.41. The van der Waals surface area contributed by atoms with Crippen LogP contribution in [0.4, 0.5) is 20.5 Å². The molecular formula is C15H17ClF2N4O2. The van der Waals surface area contributed by atoms with Crippen LogP contribution < -0.4 is 20.5 Å². The van der Waals surface area contributed by atoms with Crippen LogP contribution >= 0.6 is 11.6 Å². The highest BCUT2D eigenvalue weighted by Crippen LogP contribution is 2.39. The summed E-state index contributed by atoms with van der Waals surface area (Å²) in [5.74, 6) is 0.933. The van der Waals surface area contributed by atoms with Crippen LogP contribution in [-0.2, 0) is 0 Å². The van der Waals surface area contributed by atoms with E-state index in [4.69, 9.17) is 22.1 Å². The summed E-state index contributed by atoms with van der Waals surface area (Å²) in [4.78, 5) is 8.04. The molecule has 0 saturated heterocycles. The van der Waals surface area contributed by atoms with Crippen LogP contribution in [-0.4, -0.2) is 23.6 Å². The molecule has 2 aromatic rings. The highest BCUT2D eigenvalue weighted by atomic mass is 35.5. The molecule has 0 atom stereocenters. The Morgan fingerprint density at radius 1 is 1.21 bits per heavy atom. The molecule has 0 fully saturated rings. The Kier molecular flexibility index (Phi) is 5.61. The normalized spacial score (nSPS) is 11.0. The fourth-order valence-corrected chi connectivity index (χ4v) is 2.18. The zero-order chi connectivity index (χ0) is 17.9. The minimum atomic E-state index is -2.97. The second kappa shape index (κ2) is 7.48. The van der Waals surface area contributed by atoms with Crippen molar-refractivity contribution in [3.8, 4) is 17.2 Å². The van der Waals surface area contributed by atoms with Crippen molar-refractivity contribution >= 4 is 23.4 Å². The third-order valence-corrected chi connectivity index (χ3v) is 3.42. The number of rotatable bonds is 6. The SMILES string of the molecule is CNc1ncc(Oc2cc(Cl)c(OC(F)F)cc2C(C)C)c(N)n1. The molecule has 0 amide bonds. The molecule has 0 unspecified atom stereocenters. The van der Waals surface area contributed by atoms with Gasteiger partial charge in [0.25, 0.3) is 0 Å². The lowest BCUT2D eigenvalue weighted by Gasteiger charge is -2.17. The van der Waals surface area contributed by atoms with Gasteiger partial charge >= 0.3 is 6.61 Å². The Bertz CT molecular complexity index is 729. The Hall–Kier alpha value is -2.35. The summed E-state index contributed by atoms with van der Waals surface area (Å²) in [7, 11) is 1.66. The molecule has 0 saturated carbocycles. The van der Waals surface area contributed by atoms with Gasteiger partial charge in [-0.25, -0.2) is 4.98 Å². The van der Waals surface area contributed by atoms with Crippen LogP contribution in [0.25, 0.3) is 0 Å². The molecule has 1 aromatic heterocycles. The maximum atomic E-state index is 12.5. The van der Waals surface area contributed by atoms with E-state index in [1.54, 1.807) is 7.05 Å². The number of hydrogen-bond donors (Lipinski definition) is 2. The molecule has 0 bridgehead atoms. The number of nitrogens with one attached hydrogen (secondary N) is 1. The molecule has 130 valence electrons. The van der Waals surface area contributed by atoms with Crippen LogP contribution in [0.2, 0.25) is 5.02 Å². The number of nitrogens with two attached hydrogens (primary N) is 1. The topological polar surface area (TPSA) is 82.3 Å². The van der Waals surface area contributed by atoms with E-state index in [1.165, 1.54) is 18.3 Å². The average Bonchev–Trinajstić information content (AvgIpc) is 2.51. The van der Waals surface area contributed by atoms with E-state index in [2.05, 4.69) is 20.0 Å². The summed E-state index contributed by atoms with van der Waals surface area (Å²) < 4.78 is 35.1. The van der Waals surface area contributed by atoms with Crippen LogP contribution in [0.5, 0.6) is 17.2 Å². The van der Waals surface area contributed by atoms with Crippen molar-refractivity contribution in [2.45, 2.75) is 26.4 Å². The standard InChI is InChI=1S/C15H17ClF2N4O2/c1-7(2)8-4-11(24-14(17)18)9(16)5-10(8)23-12-6-21-15(20-3)22-13(12)19/h4-7,14H,1-3H3,(H3,19,20,21,22). The number of hydrogen-bond acceptors (Lipinski definition) is 6. The van der Waals surface area contributed by atoms with E-state index >= 15 is 0 Å². The number of benzene rings is 1. The van der Waals surface area contributed by atoms with Crippen molar-refractivity contribution in [1.29, 1.82) is 0 Å². The predicted molar refractivity (Wildman–Crippen MR) is 88.2 cm³/mol. The molecule has 3 N–H and O–H groups in total. The smallest absolute Gasteiger partial charge is 0.387 e. The monoisotopic (exact) mass is 358 g/mol. The van der Waals surface area contributed by atoms with Crippen LogP contribution in [0.1, 0.15) is 25.3 Å². The zero-order valence-electron chi connectivity index (χ0n) is 13.3. The van der Waals surface area contributed by atoms with Crippen molar-refractivity contribution in [3.05, 3.63) is 28.9 Å². The van der Waals surface area contributed by atoms with Crippen molar-refractivity contribution in [2.24, 2.45) is 0 Å². The van der Waals surface area contributed by atoms with E-state index in [-0.39, 0.29) is 28.3 Å². The minimum absolute atomic E-state index is 0.000958. The third-order valence-electron chi connectivity index (χ3n) is 3.13. The van der Waals surface area contributed by atoms with E-state index in [9.17, 15) is 8.78 Å². The van der Waals surface area contributed by atoms with Gasteiger partial charge in [-0.05, 0) is 12.0 Å². The van der Waals surface area contributed by atoms with Crippen LogP contribution in [0.3, 0.4) is 0 Å². The Morgan fingerprint density at radius 2 is 1.92 bits per heavy atom. The van der Waals surface area contributed by atoms with E-state index in [0.717, 1.165) is 0 Å². The highest BCUT2D eigenvalue weighted by molar-refractivity contribution is 6.32. The van der Waals surface area contributed by atoms with Crippen molar-refractivity contribution in [1.82, 2.24) is 9.97 Å². The minimum Gasteiger partial charge on any atom is -0.451 e. The molecule has 0 aliphatic carbocycles. The van der Waals surface area contributed by atoms with Crippen molar-refractivity contribution < 1.29 is 18.3 Å². The molecular weight excluding hydrogens is 342 g/mol. The first-order chi connectivity index (χ1) is 11.3. The maximum Gasteiger partial charge on any atom is 0.387 e. The Balaban J connectivity index is 2.40. The number of anilines is 2. The van der Waals surface area contributed by atoms with Gasteiger partial charge in [0.2, 0.25) is 5.95 Å². The van der Waals surface area contributed by atoms with Gasteiger partial charge in [0, 0.05) is 18.7 Å². The lowest BCUT2D eigenvalue weighted by molar-refractivity contribution is -0.0498. The molecule has 0 spiro atoms. The number of nitrogen functional groups attached to an aromatic ring is 1. The molecule has 1 aromatic carbocycles. The summed E-state index contributed by atoms with van der Waals surface area (Å²) >= 11 is 5.99. The fourth-order valence-electron chi connectivity index (χ4n) is 1.98. The van der Waals surface area contributed by atoms with Gasteiger partial charge in [0.1, 0.15) is 11.5 Å². The molecule has 0 aliphatic rings. The molecule has 0 radical (unpaired) electrons.